The van der Waals surface area contributed by atoms with E-state index in [-0.39, 0.29) is 16.9 Å². The number of rotatable bonds is 7. The van der Waals surface area contributed by atoms with Crippen LogP contribution in [0.4, 0.5) is 11.4 Å². The Balaban J connectivity index is 2.06. The maximum atomic E-state index is 12.9. The number of carbonyl (C=O) groups is 1. The second-order valence-electron chi connectivity index (χ2n) is 6.23. The van der Waals surface area contributed by atoms with Crippen LogP contribution in [0, 0.1) is 10.1 Å². The van der Waals surface area contributed by atoms with Gasteiger partial charge in [0.1, 0.15) is 0 Å². The summed E-state index contributed by atoms with van der Waals surface area (Å²) in [6.45, 7) is 1.99. The normalized spacial score (nSPS) is 11.1. The second-order valence-corrected chi connectivity index (χ2v) is 6.23. The van der Waals surface area contributed by atoms with Gasteiger partial charge in [0.2, 0.25) is 0 Å². The van der Waals surface area contributed by atoms with Crippen LogP contribution in [0.2, 0.25) is 0 Å². The Morgan fingerprint density at radius 2 is 1.93 bits per heavy atom. The second kappa shape index (κ2) is 8.34. The Morgan fingerprint density at radius 3 is 2.55 bits per heavy atom. The van der Waals surface area contributed by atoms with Crippen molar-refractivity contribution in [3.8, 4) is 5.69 Å². The summed E-state index contributed by atoms with van der Waals surface area (Å²) in [5, 5.41) is 22.8. The number of aromatic amines is 1. The summed E-state index contributed by atoms with van der Waals surface area (Å²) in [6.07, 6.45) is 1.72. The minimum atomic E-state index is -1.11. The molecule has 29 heavy (non-hydrogen) atoms. The maximum Gasteiger partial charge on any atom is 0.309 e. The van der Waals surface area contributed by atoms with Crippen molar-refractivity contribution in [3.05, 3.63) is 85.8 Å². The van der Waals surface area contributed by atoms with E-state index < -0.39 is 22.9 Å². The first-order valence-electron chi connectivity index (χ1n) is 8.83. The zero-order valence-electron chi connectivity index (χ0n) is 15.5. The molecule has 0 saturated carbocycles. The summed E-state index contributed by atoms with van der Waals surface area (Å²) in [4.78, 5) is 38.8. The quantitative estimate of drug-likeness (QED) is 0.361. The number of non-ortho nitro benzene ring substituents is 1. The van der Waals surface area contributed by atoms with Crippen molar-refractivity contribution in [2.24, 2.45) is 4.99 Å². The summed E-state index contributed by atoms with van der Waals surface area (Å²) in [6, 6.07) is 12.8. The number of carboxylic acid groups (broad SMARTS) is 1. The molecule has 3 aromatic rings. The topological polar surface area (TPSA) is 131 Å². The highest BCUT2D eigenvalue weighted by Gasteiger charge is 2.17. The van der Waals surface area contributed by atoms with Crippen LogP contribution in [0.5, 0.6) is 0 Å². The van der Waals surface area contributed by atoms with Crippen LogP contribution in [0.25, 0.3) is 5.69 Å². The van der Waals surface area contributed by atoms with Gasteiger partial charge in [-0.1, -0.05) is 25.1 Å². The van der Waals surface area contributed by atoms with E-state index in [0.717, 1.165) is 16.7 Å². The van der Waals surface area contributed by atoms with Gasteiger partial charge in [-0.05, 0) is 30.2 Å². The number of aliphatic imine (C=N–C) groups is 1. The number of aromatic nitrogens is 2. The van der Waals surface area contributed by atoms with Crippen molar-refractivity contribution in [3.63, 3.8) is 0 Å². The molecule has 0 aliphatic rings. The molecule has 2 aromatic carbocycles. The highest BCUT2D eigenvalue weighted by molar-refractivity contribution is 5.85. The minimum Gasteiger partial charge on any atom is -0.481 e. The molecule has 148 valence electrons. The molecule has 0 aliphatic heterocycles. The number of nitro benzene ring substituents is 1. The lowest BCUT2D eigenvalue weighted by atomic mass is 10.1. The van der Waals surface area contributed by atoms with Crippen LogP contribution in [-0.4, -0.2) is 32.0 Å². The molecule has 0 bridgehead atoms. The molecule has 9 heteroatoms. The maximum absolute atomic E-state index is 12.9. The summed E-state index contributed by atoms with van der Waals surface area (Å²) < 4.78 is 1.15. The van der Waals surface area contributed by atoms with E-state index >= 15 is 0 Å². The highest BCUT2D eigenvalue weighted by atomic mass is 16.6. The zero-order chi connectivity index (χ0) is 21.0. The van der Waals surface area contributed by atoms with Crippen molar-refractivity contribution < 1.29 is 14.8 Å². The fourth-order valence-electron chi connectivity index (χ4n) is 2.89. The van der Waals surface area contributed by atoms with Crippen LogP contribution in [0.1, 0.15) is 23.7 Å². The number of para-hydroxylation sites is 1. The number of H-pyrrole nitrogens is 1. The third kappa shape index (κ3) is 4.29. The summed E-state index contributed by atoms with van der Waals surface area (Å²) in [7, 11) is 0. The molecule has 3 rings (SSSR count). The lowest BCUT2D eigenvalue weighted by molar-refractivity contribution is -0.384. The van der Waals surface area contributed by atoms with E-state index in [1.165, 1.54) is 30.5 Å². The van der Waals surface area contributed by atoms with Crippen LogP contribution < -0.4 is 5.56 Å². The van der Waals surface area contributed by atoms with Crippen molar-refractivity contribution >= 4 is 23.6 Å². The molecule has 0 unspecified atom stereocenters. The van der Waals surface area contributed by atoms with Gasteiger partial charge in [0.05, 0.1) is 34.0 Å². The number of hydrogen-bond donors (Lipinski definition) is 2. The van der Waals surface area contributed by atoms with Gasteiger partial charge in [-0.3, -0.25) is 29.8 Å². The molecule has 0 atom stereocenters. The number of hydrogen-bond acceptors (Lipinski definition) is 5. The zero-order valence-corrected chi connectivity index (χ0v) is 15.5. The van der Waals surface area contributed by atoms with Crippen LogP contribution in [0.15, 0.2) is 58.3 Å². The van der Waals surface area contributed by atoms with Gasteiger partial charge in [-0.2, -0.15) is 0 Å². The molecule has 2 N–H and O–H groups in total. The van der Waals surface area contributed by atoms with Crippen LogP contribution >= 0.6 is 0 Å². The highest BCUT2D eigenvalue weighted by Crippen LogP contribution is 2.19. The van der Waals surface area contributed by atoms with Gasteiger partial charge in [-0.15, -0.1) is 0 Å². The van der Waals surface area contributed by atoms with Gasteiger partial charge >= 0.3 is 5.97 Å². The largest absolute Gasteiger partial charge is 0.481 e. The molecule has 0 saturated heterocycles. The lowest BCUT2D eigenvalue weighted by Crippen LogP contribution is -2.17. The Bertz CT molecular complexity index is 1140. The van der Waals surface area contributed by atoms with Crippen molar-refractivity contribution in [2.45, 2.75) is 19.8 Å². The van der Waals surface area contributed by atoms with Crippen molar-refractivity contribution in [1.82, 2.24) is 9.78 Å². The molecule has 0 radical (unpaired) electrons. The molecule has 0 fully saturated rings. The smallest absolute Gasteiger partial charge is 0.309 e. The van der Waals surface area contributed by atoms with Crippen LogP contribution in [-0.2, 0) is 17.6 Å². The lowest BCUT2D eigenvalue weighted by Gasteiger charge is -2.01. The average Bonchev–Trinajstić information content (AvgIpc) is 3.01. The number of carboxylic acids is 1. The molecule has 0 amide bonds. The van der Waals surface area contributed by atoms with E-state index in [1.54, 1.807) is 0 Å². The van der Waals surface area contributed by atoms with E-state index in [0.29, 0.717) is 11.4 Å². The van der Waals surface area contributed by atoms with Gasteiger partial charge in [0, 0.05) is 18.3 Å². The predicted octanol–water partition coefficient (Wildman–Crippen LogP) is 3.01. The molecular formula is C20H18N4O5. The fourth-order valence-corrected chi connectivity index (χ4v) is 2.89. The summed E-state index contributed by atoms with van der Waals surface area (Å²) >= 11 is 0. The summed E-state index contributed by atoms with van der Waals surface area (Å²) in [5.41, 5.74) is 1.74. The number of benzene rings is 2. The Hall–Kier alpha value is -4.01. The number of nitro groups is 1. The predicted molar refractivity (Wildman–Crippen MR) is 107 cm³/mol. The van der Waals surface area contributed by atoms with E-state index in [4.69, 9.17) is 0 Å². The number of aryl methyl sites for hydroxylation is 1. The Labute approximate surface area is 165 Å². The van der Waals surface area contributed by atoms with Gasteiger partial charge in [0.15, 0.2) is 0 Å². The molecule has 9 nitrogen and oxygen atoms in total. The average molecular weight is 394 g/mol. The van der Waals surface area contributed by atoms with Crippen molar-refractivity contribution in [2.75, 3.05) is 0 Å². The third-order valence-corrected chi connectivity index (χ3v) is 4.36. The van der Waals surface area contributed by atoms with Gasteiger partial charge in [0.25, 0.3) is 11.2 Å². The SMILES string of the molecule is CCc1ccccc1N=Cc1c(CC(=O)O)[nH]n(-c2ccc([N+](=O)[O-])cc2)c1=O. The molecule has 0 aliphatic carbocycles. The fraction of sp³-hybridized carbons (Fsp3) is 0.150. The first-order chi connectivity index (χ1) is 13.9. The first-order valence-corrected chi connectivity index (χ1v) is 8.83. The summed E-state index contributed by atoms with van der Waals surface area (Å²) in [5.74, 6) is -1.11. The Morgan fingerprint density at radius 1 is 1.24 bits per heavy atom. The van der Waals surface area contributed by atoms with E-state index in [9.17, 15) is 24.8 Å². The van der Waals surface area contributed by atoms with E-state index in [1.807, 2.05) is 31.2 Å². The third-order valence-electron chi connectivity index (χ3n) is 4.36. The number of aliphatic carboxylic acids is 1. The standard InChI is InChI=1S/C20H18N4O5/c1-2-13-5-3-4-6-17(13)21-12-16-18(11-19(25)26)22-23(20(16)27)14-7-9-15(10-8-14)24(28)29/h3-10,12,22H,2,11H2,1H3,(H,25,26). The number of nitrogens with one attached hydrogen (secondary N) is 1. The molecular weight excluding hydrogens is 376 g/mol. The van der Waals surface area contributed by atoms with Crippen molar-refractivity contribution in [1.29, 1.82) is 0 Å². The molecule has 0 spiro atoms. The first kappa shape index (κ1) is 19.7. The molecule has 1 aromatic heterocycles. The van der Waals surface area contributed by atoms with E-state index in [2.05, 4.69) is 10.1 Å². The monoisotopic (exact) mass is 394 g/mol. The molecule has 1 heterocycles. The Kier molecular flexibility index (Phi) is 5.68. The number of nitrogens with zero attached hydrogens (tertiary/aromatic N) is 3. The minimum absolute atomic E-state index is 0.114. The van der Waals surface area contributed by atoms with Gasteiger partial charge < -0.3 is 5.11 Å². The van der Waals surface area contributed by atoms with Crippen LogP contribution in [0.3, 0.4) is 0 Å². The van der Waals surface area contributed by atoms with Gasteiger partial charge in [-0.25, -0.2) is 4.68 Å².